The molecule has 6 nitrogen and oxygen atoms in total. The van der Waals surface area contributed by atoms with E-state index in [2.05, 4.69) is 5.10 Å². The first-order chi connectivity index (χ1) is 13.1. The smallest absolute Gasteiger partial charge is 0.335 e. The fourth-order valence-corrected chi connectivity index (χ4v) is 3.07. The molecule has 0 fully saturated rings. The van der Waals surface area contributed by atoms with Gasteiger partial charge >= 0.3 is 5.97 Å². The molecule has 0 aliphatic heterocycles. The van der Waals surface area contributed by atoms with Gasteiger partial charge in [-0.3, -0.25) is 4.79 Å². The average Bonchev–Trinajstić information content (AvgIpc) is 3.23. The molecule has 0 radical (unpaired) electrons. The molecule has 1 heterocycles. The van der Waals surface area contributed by atoms with Crippen LogP contribution in [0.15, 0.2) is 71.1 Å². The molecule has 3 aromatic rings. The third kappa shape index (κ3) is 4.39. The fourth-order valence-electron chi connectivity index (χ4n) is 2.41. The maximum Gasteiger partial charge on any atom is 0.335 e. The van der Waals surface area contributed by atoms with E-state index in [1.165, 1.54) is 23.5 Å². The molecule has 27 heavy (non-hydrogen) atoms. The number of ether oxygens (including phenoxy) is 1. The van der Waals surface area contributed by atoms with Crippen LogP contribution in [0.5, 0.6) is 5.75 Å². The number of carboxylic acid groups (broad SMARTS) is 1. The molecule has 0 unspecified atom stereocenters. The Balaban J connectivity index is 1.66. The monoisotopic (exact) mass is 380 g/mol. The Hall–Kier alpha value is -3.45. The number of carboxylic acids is 1. The zero-order chi connectivity index (χ0) is 19.2. The summed E-state index contributed by atoms with van der Waals surface area (Å²) in [5, 5.41) is 14.4. The largest absolute Gasteiger partial charge is 0.489 e. The number of aromatic carboxylic acids is 1. The molecule has 0 bridgehead atoms. The minimum Gasteiger partial charge on any atom is -0.489 e. The van der Waals surface area contributed by atoms with E-state index in [1.54, 1.807) is 48.5 Å². The summed E-state index contributed by atoms with van der Waals surface area (Å²) in [7, 11) is 0. The highest BCUT2D eigenvalue weighted by atomic mass is 32.1. The normalized spacial score (nSPS) is 11.2. The summed E-state index contributed by atoms with van der Waals surface area (Å²) >= 11 is 1.33. The second-order valence-corrected chi connectivity index (χ2v) is 6.55. The van der Waals surface area contributed by atoms with Gasteiger partial charge in [0.2, 0.25) is 5.78 Å². The van der Waals surface area contributed by atoms with Gasteiger partial charge in [0, 0.05) is 5.56 Å². The van der Waals surface area contributed by atoms with E-state index in [-0.39, 0.29) is 17.1 Å². The lowest BCUT2D eigenvalue weighted by molar-refractivity contribution is 0.0696. The van der Waals surface area contributed by atoms with Crippen LogP contribution in [0.4, 0.5) is 0 Å². The van der Waals surface area contributed by atoms with Crippen LogP contribution in [-0.4, -0.2) is 22.6 Å². The number of carbonyl (C=O) groups is 2. The van der Waals surface area contributed by atoms with Crippen molar-refractivity contribution in [3.05, 3.63) is 87.6 Å². The Morgan fingerprint density at radius 2 is 1.67 bits per heavy atom. The Morgan fingerprint density at radius 1 is 1.00 bits per heavy atom. The number of carbonyl (C=O) groups excluding carboxylic acids is 1. The molecule has 2 aromatic carbocycles. The molecule has 0 saturated carbocycles. The molecule has 7 heteroatoms. The van der Waals surface area contributed by atoms with Crippen molar-refractivity contribution in [2.45, 2.75) is 6.61 Å². The van der Waals surface area contributed by atoms with Gasteiger partial charge in [-0.25, -0.2) is 4.79 Å². The minimum atomic E-state index is -0.965. The van der Waals surface area contributed by atoms with E-state index in [4.69, 9.17) is 15.7 Å². The van der Waals surface area contributed by atoms with Gasteiger partial charge < -0.3 is 15.7 Å². The fraction of sp³-hybridized carbons (Fsp3) is 0.0500. The maximum atomic E-state index is 12.4. The number of thiophene rings is 1. The molecule has 0 atom stereocenters. The van der Waals surface area contributed by atoms with Crippen LogP contribution in [0.3, 0.4) is 0 Å². The summed E-state index contributed by atoms with van der Waals surface area (Å²) in [5.74, 6) is 4.84. The van der Waals surface area contributed by atoms with Crippen molar-refractivity contribution in [3.63, 3.8) is 0 Å². The summed E-state index contributed by atoms with van der Waals surface area (Å²) in [6.07, 6.45) is 0. The van der Waals surface area contributed by atoms with Gasteiger partial charge in [-0.05, 0) is 53.4 Å². The quantitative estimate of drug-likeness (QED) is 0.282. The van der Waals surface area contributed by atoms with Gasteiger partial charge in [0.1, 0.15) is 18.1 Å². The van der Waals surface area contributed by atoms with Crippen molar-refractivity contribution in [2.75, 3.05) is 0 Å². The van der Waals surface area contributed by atoms with Crippen molar-refractivity contribution in [1.82, 2.24) is 0 Å². The van der Waals surface area contributed by atoms with Gasteiger partial charge in [-0.1, -0.05) is 18.2 Å². The van der Waals surface area contributed by atoms with Crippen molar-refractivity contribution in [1.29, 1.82) is 0 Å². The van der Waals surface area contributed by atoms with Crippen LogP contribution in [0, 0.1) is 0 Å². The summed E-state index contributed by atoms with van der Waals surface area (Å²) in [6, 6.07) is 16.9. The number of nitrogens with two attached hydrogens (primary N) is 1. The SMILES string of the molecule is N/N=C(/C(=O)c1cccs1)c1ccc(OCc2ccc(C(=O)O)cc2)cc1. The predicted octanol–water partition coefficient (Wildman–Crippen LogP) is 3.57. The lowest BCUT2D eigenvalue weighted by Gasteiger charge is -2.08. The van der Waals surface area contributed by atoms with Crippen molar-refractivity contribution in [2.24, 2.45) is 10.9 Å². The molecule has 0 saturated heterocycles. The number of hydrogen-bond acceptors (Lipinski definition) is 6. The molecule has 136 valence electrons. The van der Waals surface area contributed by atoms with Crippen LogP contribution in [-0.2, 0) is 6.61 Å². The lowest BCUT2D eigenvalue weighted by atomic mass is 10.1. The Morgan fingerprint density at radius 3 is 2.22 bits per heavy atom. The summed E-state index contributed by atoms with van der Waals surface area (Å²) < 4.78 is 5.69. The van der Waals surface area contributed by atoms with Crippen LogP contribution < -0.4 is 10.6 Å². The maximum absolute atomic E-state index is 12.4. The van der Waals surface area contributed by atoms with Crippen LogP contribution >= 0.6 is 11.3 Å². The summed E-state index contributed by atoms with van der Waals surface area (Å²) in [6.45, 7) is 0.297. The zero-order valence-electron chi connectivity index (χ0n) is 14.2. The number of nitrogens with zero attached hydrogens (tertiary/aromatic N) is 1. The van der Waals surface area contributed by atoms with Gasteiger partial charge in [-0.2, -0.15) is 5.10 Å². The molecule has 3 N–H and O–H groups in total. The Bertz CT molecular complexity index is 962. The molecular weight excluding hydrogens is 364 g/mol. The molecule has 0 spiro atoms. The number of benzene rings is 2. The standard InChI is InChI=1S/C20H16N2O4S/c21-22-18(19(23)17-2-1-11-27-17)14-7-9-16(10-8-14)26-12-13-3-5-15(6-4-13)20(24)25/h1-11H,12,21H2,(H,24,25)/b22-18+. The number of rotatable bonds is 7. The number of ketones is 1. The zero-order valence-corrected chi connectivity index (χ0v) is 15.0. The first-order valence-corrected chi connectivity index (χ1v) is 8.88. The molecule has 0 aliphatic carbocycles. The molecular formula is C20H16N2O4S. The van der Waals surface area contributed by atoms with E-state index < -0.39 is 5.97 Å². The Kier molecular flexibility index (Phi) is 5.63. The van der Waals surface area contributed by atoms with Gasteiger partial charge in [-0.15, -0.1) is 11.3 Å². The third-order valence-electron chi connectivity index (χ3n) is 3.82. The van der Waals surface area contributed by atoms with Crippen LogP contribution in [0.2, 0.25) is 0 Å². The Labute approximate surface area is 159 Å². The summed E-state index contributed by atoms with van der Waals surface area (Å²) in [4.78, 5) is 23.9. The van der Waals surface area contributed by atoms with Gasteiger partial charge in [0.05, 0.1) is 10.4 Å². The second-order valence-electron chi connectivity index (χ2n) is 5.60. The van der Waals surface area contributed by atoms with Crippen molar-refractivity contribution < 1.29 is 19.4 Å². The highest BCUT2D eigenvalue weighted by Crippen LogP contribution is 2.18. The van der Waals surface area contributed by atoms with E-state index in [0.29, 0.717) is 22.8 Å². The van der Waals surface area contributed by atoms with E-state index >= 15 is 0 Å². The first kappa shape index (κ1) is 18.3. The van der Waals surface area contributed by atoms with Crippen molar-refractivity contribution in [3.8, 4) is 5.75 Å². The summed E-state index contributed by atoms with van der Waals surface area (Å²) in [5.41, 5.74) is 1.87. The molecule has 0 aliphatic rings. The first-order valence-electron chi connectivity index (χ1n) is 8.00. The molecule has 1 aromatic heterocycles. The minimum absolute atomic E-state index is 0.188. The average molecular weight is 380 g/mol. The van der Waals surface area contributed by atoms with Crippen LogP contribution in [0.25, 0.3) is 0 Å². The lowest BCUT2D eigenvalue weighted by Crippen LogP contribution is -2.16. The number of hydrogen-bond donors (Lipinski definition) is 2. The van der Waals surface area contributed by atoms with Crippen molar-refractivity contribution >= 4 is 28.8 Å². The van der Waals surface area contributed by atoms with Gasteiger partial charge in [0.25, 0.3) is 0 Å². The number of hydrazone groups is 1. The molecule has 3 rings (SSSR count). The topological polar surface area (TPSA) is 102 Å². The van der Waals surface area contributed by atoms with E-state index in [9.17, 15) is 9.59 Å². The number of Topliss-reactive ketones (excluding diaryl/α,β-unsaturated/α-hetero) is 1. The van der Waals surface area contributed by atoms with E-state index in [0.717, 1.165) is 5.56 Å². The highest BCUT2D eigenvalue weighted by Gasteiger charge is 2.17. The predicted molar refractivity (Wildman–Crippen MR) is 104 cm³/mol. The highest BCUT2D eigenvalue weighted by molar-refractivity contribution is 7.13. The van der Waals surface area contributed by atoms with Crippen LogP contribution in [0.1, 0.15) is 31.2 Å². The second kappa shape index (κ2) is 8.29. The van der Waals surface area contributed by atoms with Gasteiger partial charge in [0.15, 0.2) is 0 Å². The van der Waals surface area contributed by atoms with E-state index in [1.807, 2.05) is 5.38 Å². The third-order valence-corrected chi connectivity index (χ3v) is 4.69. The molecule has 0 amide bonds.